The van der Waals surface area contributed by atoms with E-state index in [1.807, 2.05) is 6.07 Å². The van der Waals surface area contributed by atoms with Crippen molar-refractivity contribution in [2.24, 2.45) is 0 Å². The first-order valence-electron chi connectivity index (χ1n) is 7.01. The molecule has 6 nitrogen and oxygen atoms in total. The van der Waals surface area contributed by atoms with Crippen LogP contribution in [0.15, 0.2) is 30.3 Å². The number of benzene rings is 1. The van der Waals surface area contributed by atoms with E-state index < -0.39 is 0 Å². The van der Waals surface area contributed by atoms with E-state index in [0.717, 1.165) is 5.56 Å². The first-order chi connectivity index (χ1) is 11.0. The Kier molecular flexibility index (Phi) is 5.05. The molecule has 0 radical (unpaired) electrons. The molecule has 0 atom stereocenters. The van der Waals surface area contributed by atoms with Gasteiger partial charge in [0.05, 0.1) is 27.0 Å². The van der Waals surface area contributed by atoms with Crippen molar-refractivity contribution in [3.05, 3.63) is 36.0 Å². The third kappa shape index (κ3) is 3.36. The molecule has 1 amide bonds. The lowest BCUT2D eigenvalue weighted by atomic mass is 10.1. The SMILES string of the molecule is COc1cc(-c2cccc(C(=O)N(C)C)n2)cc(OC)c1OC. The first kappa shape index (κ1) is 16.6. The Morgan fingerprint density at radius 3 is 2.09 bits per heavy atom. The normalized spacial score (nSPS) is 10.1. The van der Waals surface area contributed by atoms with Gasteiger partial charge in [-0.2, -0.15) is 0 Å². The van der Waals surface area contributed by atoms with E-state index in [2.05, 4.69) is 4.98 Å². The smallest absolute Gasteiger partial charge is 0.271 e. The van der Waals surface area contributed by atoms with E-state index >= 15 is 0 Å². The van der Waals surface area contributed by atoms with Crippen LogP contribution in [0.4, 0.5) is 0 Å². The summed E-state index contributed by atoms with van der Waals surface area (Å²) in [7, 11) is 8.04. The maximum Gasteiger partial charge on any atom is 0.271 e. The molecule has 6 heteroatoms. The fourth-order valence-electron chi connectivity index (χ4n) is 2.17. The molecule has 1 heterocycles. The topological polar surface area (TPSA) is 60.9 Å². The lowest BCUT2D eigenvalue weighted by Crippen LogP contribution is -2.22. The second-order valence-corrected chi connectivity index (χ2v) is 5.02. The number of pyridine rings is 1. The number of carbonyl (C=O) groups is 1. The maximum absolute atomic E-state index is 12.1. The van der Waals surface area contributed by atoms with Gasteiger partial charge in [0, 0.05) is 19.7 Å². The Bertz CT molecular complexity index is 688. The van der Waals surface area contributed by atoms with Crippen LogP contribution in [0.3, 0.4) is 0 Å². The van der Waals surface area contributed by atoms with Gasteiger partial charge in [-0.1, -0.05) is 6.07 Å². The molecule has 0 bridgehead atoms. The molecular weight excluding hydrogens is 296 g/mol. The van der Waals surface area contributed by atoms with Crippen LogP contribution in [0.5, 0.6) is 17.2 Å². The molecule has 0 fully saturated rings. The van der Waals surface area contributed by atoms with E-state index in [0.29, 0.717) is 28.6 Å². The van der Waals surface area contributed by atoms with Gasteiger partial charge in [-0.05, 0) is 24.3 Å². The predicted octanol–water partition coefficient (Wildman–Crippen LogP) is 2.48. The lowest BCUT2D eigenvalue weighted by molar-refractivity contribution is 0.0822. The Morgan fingerprint density at radius 1 is 1.00 bits per heavy atom. The molecule has 0 unspecified atom stereocenters. The van der Waals surface area contributed by atoms with Crippen molar-refractivity contribution in [3.8, 4) is 28.5 Å². The van der Waals surface area contributed by atoms with Crippen LogP contribution in [-0.2, 0) is 0 Å². The average molecular weight is 316 g/mol. The van der Waals surface area contributed by atoms with Crippen molar-refractivity contribution in [1.29, 1.82) is 0 Å². The number of rotatable bonds is 5. The van der Waals surface area contributed by atoms with E-state index in [9.17, 15) is 4.79 Å². The zero-order valence-corrected chi connectivity index (χ0v) is 13.9. The molecule has 2 rings (SSSR count). The fraction of sp³-hybridized carbons (Fsp3) is 0.294. The summed E-state index contributed by atoms with van der Waals surface area (Å²) in [5.41, 5.74) is 1.80. The molecule has 0 saturated carbocycles. The van der Waals surface area contributed by atoms with Crippen molar-refractivity contribution in [3.63, 3.8) is 0 Å². The Hall–Kier alpha value is -2.76. The summed E-state index contributed by atoms with van der Waals surface area (Å²) < 4.78 is 16.0. The van der Waals surface area contributed by atoms with Gasteiger partial charge in [-0.25, -0.2) is 4.98 Å². The summed E-state index contributed by atoms with van der Waals surface area (Å²) in [6, 6.07) is 8.90. The third-order valence-corrected chi connectivity index (χ3v) is 3.33. The van der Waals surface area contributed by atoms with Crippen molar-refractivity contribution in [1.82, 2.24) is 9.88 Å². The highest BCUT2D eigenvalue weighted by Gasteiger charge is 2.16. The maximum atomic E-state index is 12.1. The molecule has 0 aliphatic rings. The Morgan fingerprint density at radius 2 is 1.61 bits per heavy atom. The first-order valence-corrected chi connectivity index (χ1v) is 7.01. The molecule has 0 aliphatic carbocycles. The third-order valence-electron chi connectivity index (χ3n) is 3.33. The second kappa shape index (κ2) is 7.00. The average Bonchev–Trinajstić information content (AvgIpc) is 2.59. The van der Waals surface area contributed by atoms with E-state index in [1.165, 1.54) is 4.90 Å². The van der Waals surface area contributed by atoms with Gasteiger partial charge in [0.1, 0.15) is 5.69 Å². The molecule has 0 N–H and O–H groups in total. The quantitative estimate of drug-likeness (QED) is 0.848. The van der Waals surface area contributed by atoms with Gasteiger partial charge < -0.3 is 19.1 Å². The van der Waals surface area contributed by atoms with E-state index in [-0.39, 0.29) is 5.91 Å². The Balaban J connectivity index is 2.54. The van der Waals surface area contributed by atoms with Crippen LogP contribution in [0.1, 0.15) is 10.5 Å². The van der Waals surface area contributed by atoms with Gasteiger partial charge in [-0.15, -0.1) is 0 Å². The van der Waals surface area contributed by atoms with Gasteiger partial charge in [0.25, 0.3) is 5.91 Å². The molecule has 1 aromatic carbocycles. The number of amides is 1. The molecular formula is C17H20N2O4. The Labute approximate surface area is 135 Å². The van der Waals surface area contributed by atoms with Crippen LogP contribution in [0.25, 0.3) is 11.3 Å². The van der Waals surface area contributed by atoms with E-state index in [4.69, 9.17) is 14.2 Å². The number of methoxy groups -OCH3 is 3. The molecule has 122 valence electrons. The van der Waals surface area contributed by atoms with Crippen LogP contribution < -0.4 is 14.2 Å². The van der Waals surface area contributed by atoms with Gasteiger partial charge in [0.2, 0.25) is 5.75 Å². The molecule has 1 aromatic heterocycles. The van der Waals surface area contributed by atoms with Crippen molar-refractivity contribution >= 4 is 5.91 Å². The summed E-state index contributed by atoms with van der Waals surface area (Å²) in [6.45, 7) is 0. The number of carbonyl (C=O) groups excluding carboxylic acids is 1. The molecule has 23 heavy (non-hydrogen) atoms. The zero-order valence-electron chi connectivity index (χ0n) is 13.9. The van der Waals surface area contributed by atoms with Crippen LogP contribution in [0.2, 0.25) is 0 Å². The molecule has 0 saturated heterocycles. The summed E-state index contributed by atoms with van der Waals surface area (Å²) >= 11 is 0. The molecule has 0 spiro atoms. The predicted molar refractivity (Wildman–Crippen MR) is 87.3 cm³/mol. The van der Waals surface area contributed by atoms with Gasteiger partial charge >= 0.3 is 0 Å². The van der Waals surface area contributed by atoms with E-state index in [1.54, 1.807) is 59.7 Å². The van der Waals surface area contributed by atoms with Crippen molar-refractivity contribution in [2.45, 2.75) is 0 Å². The lowest BCUT2D eigenvalue weighted by Gasteiger charge is -2.14. The number of nitrogens with zero attached hydrogens (tertiary/aromatic N) is 2. The highest BCUT2D eigenvalue weighted by atomic mass is 16.5. The van der Waals surface area contributed by atoms with Crippen LogP contribution >= 0.6 is 0 Å². The monoisotopic (exact) mass is 316 g/mol. The second-order valence-electron chi connectivity index (χ2n) is 5.02. The van der Waals surface area contributed by atoms with Gasteiger partial charge in [0.15, 0.2) is 11.5 Å². The minimum atomic E-state index is -0.153. The highest BCUT2D eigenvalue weighted by Crippen LogP contribution is 2.40. The fourth-order valence-corrected chi connectivity index (χ4v) is 2.17. The summed E-state index contributed by atoms with van der Waals surface area (Å²) in [4.78, 5) is 18.0. The van der Waals surface area contributed by atoms with Gasteiger partial charge in [-0.3, -0.25) is 4.79 Å². The van der Waals surface area contributed by atoms with Crippen LogP contribution in [-0.4, -0.2) is 51.2 Å². The standard InChI is InChI=1S/C17H20N2O4/c1-19(2)17(20)13-8-6-7-12(18-13)11-9-14(21-3)16(23-5)15(10-11)22-4/h6-10H,1-5H3. The number of aromatic nitrogens is 1. The number of hydrogen-bond donors (Lipinski definition) is 0. The van der Waals surface area contributed by atoms with Crippen molar-refractivity contribution in [2.75, 3.05) is 35.4 Å². The summed E-state index contributed by atoms with van der Waals surface area (Å²) in [6.07, 6.45) is 0. The molecule has 2 aromatic rings. The molecule has 0 aliphatic heterocycles. The summed E-state index contributed by atoms with van der Waals surface area (Å²) in [5.74, 6) is 1.43. The number of hydrogen-bond acceptors (Lipinski definition) is 5. The van der Waals surface area contributed by atoms with Crippen LogP contribution in [0, 0.1) is 0 Å². The minimum absolute atomic E-state index is 0.153. The highest BCUT2D eigenvalue weighted by molar-refractivity contribution is 5.92. The van der Waals surface area contributed by atoms with Crippen molar-refractivity contribution < 1.29 is 19.0 Å². The summed E-state index contributed by atoms with van der Waals surface area (Å²) in [5, 5.41) is 0. The largest absolute Gasteiger partial charge is 0.493 e. The zero-order chi connectivity index (χ0) is 17.0. The number of ether oxygens (including phenoxy) is 3. The minimum Gasteiger partial charge on any atom is -0.493 e.